The predicted octanol–water partition coefficient (Wildman–Crippen LogP) is 2.56. The van der Waals surface area contributed by atoms with E-state index in [0.29, 0.717) is 40.7 Å². The lowest BCUT2D eigenvalue weighted by Gasteiger charge is -2.16. The molecule has 1 aromatic heterocycles. The number of hydrogen-bond donors (Lipinski definition) is 2. The van der Waals surface area contributed by atoms with Gasteiger partial charge in [-0.2, -0.15) is 0 Å². The van der Waals surface area contributed by atoms with Crippen LogP contribution in [0.25, 0.3) is 10.9 Å². The van der Waals surface area contributed by atoms with Crippen molar-refractivity contribution < 1.29 is 14.3 Å². The third-order valence-corrected chi connectivity index (χ3v) is 5.74. The van der Waals surface area contributed by atoms with E-state index < -0.39 is 17.2 Å². The van der Waals surface area contributed by atoms with Gasteiger partial charge in [0.25, 0.3) is 5.56 Å². The summed E-state index contributed by atoms with van der Waals surface area (Å²) in [5.74, 6) is -0.447. The molecule has 0 spiro atoms. The molecule has 2 N–H and O–H groups in total. The summed E-state index contributed by atoms with van der Waals surface area (Å²) in [5.41, 5.74) is 0.261. The summed E-state index contributed by atoms with van der Waals surface area (Å²) in [4.78, 5) is 41.7. The summed E-state index contributed by atoms with van der Waals surface area (Å²) in [5, 5.41) is 5.74. The van der Waals surface area contributed by atoms with Crippen LogP contribution in [0.5, 0.6) is 0 Å². The Balaban J connectivity index is 1.82. The van der Waals surface area contributed by atoms with E-state index in [0.717, 1.165) is 24.6 Å². The van der Waals surface area contributed by atoms with Crippen molar-refractivity contribution in [2.24, 2.45) is 0 Å². The number of nitrogens with zero attached hydrogens (tertiary/aromatic N) is 2. The Labute approximate surface area is 177 Å². The Hall–Kier alpha value is -2.10. The Morgan fingerprint density at radius 2 is 2.17 bits per heavy atom. The largest absolute Gasteiger partial charge is 0.385 e. The average molecular weight is 439 g/mol. The van der Waals surface area contributed by atoms with Crippen LogP contribution in [0.4, 0.5) is 4.79 Å². The minimum absolute atomic E-state index is 0.156. The van der Waals surface area contributed by atoms with Gasteiger partial charge in [0.15, 0.2) is 5.16 Å². The molecule has 29 heavy (non-hydrogen) atoms. The van der Waals surface area contributed by atoms with Gasteiger partial charge in [-0.25, -0.2) is 9.78 Å². The van der Waals surface area contributed by atoms with Gasteiger partial charge in [0.1, 0.15) is 0 Å². The van der Waals surface area contributed by atoms with Crippen molar-refractivity contribution in [3.8, 4) is 0 Å². The number of ether oxygens (including phenoxy) is 1. The average Bonchev–Trinajstić information content (AvgIpc) is 3.47. The number of urea groups is 1. The fourth-order valence-corrected chi connectivity index (χ4v) is 3.80. The number of amides is 3. The first-order chi connectivity index (χ1) is 13.9. The highest BCUT2D eigenvalue weighted by Gasteiger charge is 2.26. The molecular weight excluding hydrogens is 416 g/mol. The van der Waals surface area contributed by atoms with Crippen LogP contribution in [0.15, 0.2) is 28.2 Å². The first-order valence-electron chi connectivity index (χ1n) is 9.36. The van der Waals surface area contributed by atoms with Crippen LogP contribution in [0, 0.1) is 0 Å². The maximum Gasteiger partial charge on any atom is 0.321 e. The number of benzene rings is 1. The molecule has 8 nitrogen and oxygen atoms in total. The minimum Gasteiger partial charge on any atom is -0.385 e. The Kier molecular flexibility index (Phi) is 7.15. The highest BCUT2D eigenvalue weighted by molar-refractivity contribution is 8.00. The zero-order valence-electron chi connectivity index (χ0n) is 16.2. The number of methoxy groups -OCH3 is 1. The summed E-state index contributed by atoms with van der Waals surface area (Å²) in [6.07, 6.45) is 2.49. The molecule has 1 saturated carbocycles. The zero-order valence-corrected chi connectivity index (χ0v) is 17.8. The molecule has 1 unspecified atom stereocenters. The van der Waals surface area contributed by atoms with E-state index >= 15 is 0 Å². The summed E-state index contributed by atoms with van der Waals surface area (Å²) in [6.45, 7) is 2.56. The Morgan fingerprint density at radius 3 is 2.86 bits per heavy atom. The highest BCUT2D eigenvalue weighted by atomic mass is 35.5. The number of nitrogens with one attached hydrogen (secondary N) is 2. The number of rotatable bonds is 8. The van der Waals surface area contributed by atoms with E-state index in [1.165, 1.54) is 4.57 Å². The second kappa shape index (κ2) is 9.60. The van der Waals surface area contributed by atoms with Gasteiger partial charge in [-0.1, -0.05) is 23.4 Å². The fourth-order valence-electron chi connectivity index (χ4n) is 2.70. The van der Waals surface area contributed by atoms with Gasteiger partial charge in [0.05, 0.1) is 16.2 Å². The van der Waals surface area contributed by atoms with Crippen molar-refractivity contribution in [3.05, 3.63) is 33.6 Å². The Morgan fingerprint density at radius 1 is 1.41 bits per heavy atom. The van der Waals surface area contributed by atoms with Gasteiger partial charge in [-0.05, 0) is 44.4 Å². The minimum atomic E-state index is -0.628. The zero-order chi connectivity index (χ0) is 21.0. The molecule has 0 saturated heterocycles. The number of fused-ring (bicyclic) bond motifs is 1. The molecular formula is C19H23ClN4O4S. The van der Waals surface area contributed by atoms with E-state index in [1.54, 1.807) is 32.2 Å². The van der Waals surface area contributed by atoms with Crippen LogP contribution in [-0.4, -0.2) is 46.5 Å². The number of hydrogen-bond acceptors (Lipinski definition) is 6. The fraction of sp³-hybridized carbons (Fsp3) is 0.474. The van der Waals surface area contributed by atoms with E-state index in [2.05, 4.69) is 15.6 Å². The molecule has 0 radical (unpaired) electrons. The molecule has 10 heteroatoms. The van der Waals surface area contributed by atoms with Gasteiger partial charge in [-0.3, -0.25) is 19.5 Å². The van der Waals surface area contributed by atoms with Crippen LogP contribution in [0.2, 0.25) is 5.02 Å². The smallest absolute Gasteiger partial charge is 0.321 e. The standard InChI is InChI=1S/C19H23ClN4O4S/c1-11(16(25)23-18(27)21-13-5-6-13)29-19-22-15-10-12(20)4-7-14(15)17(26)24(19)8-3-9-28-2/h4,7,10-11,13H,3,5-6,8-9H2,1-2H3,(H2,21,23,25,27). The molecule has 1 atom stereocenters. The van der Waals surface area contributed by atoms with Crippen molar-refractivity contribution >= 4 is 46.2 Å². The van der Waals surface area contributed by atoms with Gasteiger partial charge in [0.2, 0.25) is 5.91 Å². The maximum atomic E-state index is 13.0. The van der Waals surface area contributed by atoms with E-state index in [1.807, 2.05) is 0 Å². The van der Waals surface area contributed by atoms with Crippen LogP contribution in [0.3, 0.4) is 0 Å². The first-order valence-corrected chi connectivity index (χ1v) is 10.6. The number of aromatic nitrogens is 2. The molecule has 1 aromatic carbocycles. The molecule has 0 aliphatic heterocycles. The van der Waals surface area contributed by atoms with Crippen LogP contribution in [-0.2, 0) is 16.1 Å². The van der Waals surface area contributed by atoms with Gasteiger partial charge < -0.3 is 10.1 Å². The third kappa shape index (κ3) is 5.71. The number of carbonyl (C=O) groups is 2. The lowest BCUT2D eigenvalue weighted by Crippen LogP contribution is -2.43. The number of thioether (sulfide) groups is 1. The van der Waals surface area contributed by atoms with E-state index in [4.69, 9.17) is 16.3 Å². The van der Waals surface area contributed by atoms with Gasteiger partial charge in [-0.15, -0.1) is 0 Å². The SMILES string of the molecule is COCCCn1c(SC(C)C(=O)NC(=O)NC2CC2)nc2cc(Cl)ccc2c1=O. The maximum absolute atomic E-state index is 13.0. The monoisotopic (exact) mass is 438 g/mol. The molecule has 1 fully saturated rings. The van der Waals surface area contributed by atoms with Crippen molar-refractivity contribution in [1.82, 2.24) is 20.2 Å². The van der Waals surface area contributed by atoms with Gasteiger partial charge in [0, 0.05) is 31.3 Å². The summed E-state index contributed by atoms with van der Waals surface area (Å²) in [6, 6.07) is 4.57. The van der Waals surface area contributed by atoms with E-state index in [9.17, 15) is 14.4 Å². The first kappa shape index (κ1) is 21.6. The van der Waals surface area contributed by atoms with Crippen molar-refractivity contribution in [2.45, 2.75) is 49.2 Å². The topological polar surface area (TPSA) is 102 Å². The van der Waals surface area contributed by atoms with Crippen molar-refractivity contribution in [3.63, 3.8) is 0 Å². The van der Waals surface area contributed by atoms with Crippen molar-refractivity contribution in [2.75, 3.05) is 13.7 Å². The molecule has 1 heterocycles. The number of halogens is 1. The molecule has 1 aliphatic rings. The molecule has 1 aliphatic carbocycles. The normalized spacial score (nSPS) is 14.6. The molecule has 0 bridgehead atoms. The summed E-state index contributed by atoms with van der Waals surface area (Å²) >= 11 is 7.17. The quantitative estimate of drug-likeness (QED) is 0.373. The third-order valence-electron chi connectivity index (χ3n) is 4.41. The summed E-state index contributed by atoms with van der Waals surface area (Å²) in [7, 11) is 1.60. The lowest BCUT2D eigenvalue weighted by atomic mass is 10.2. The predicted molar refractivity (Wildman–Crippen MR) is 113 cm³/mol. The van der Waals surface area contributed by atoms with Crippen LogP contribution in [0.1, 0.15) is 26.2 Å². The molecule has 3 amide bonds. The number of imide groups is 1. The lowest BCUT2D eigenvalue weighted by molar-refractivity contribution is -0.119. The Bertz CT molecular complexity index is 977. The molecule has 2 aromatic rings. The highest BCUT2D eigenvalue weighted by Crippen LogP contribution is 2.24. The number of carbonyl (C=O) groups excluding carboxylic acids is 2. The van der Waals surface area contributed by atoms with E-state index in [-0.39, 0.29) is 11.6 Å². The van der Waals surface area contributed by atoms with Crippen LogP contribution < -0.4 is 16.2 Å². The summed E-state index contributed by atoms with van der Waals surface area (Å²) < 4.78 is 6.61. The van der Waals surface area contributed by atoms with Crippen LogP contribution >= 0.6 is 23.4 Å². The molecule has 156 valence electrons. The molecule has 3 rings (SSSR count). The van der Waals surface area contributed by atoms with Gasteiger partial charge >= 0.3 is 6.03 Å². The van der Waals surface area contributed by atoms with Crippen molar-refractivity contribution in [1.29, 1.82) is 0 Å². The second-order valence-electron chi connectivity index (χ2n) is 6.86. The second-order valence-corrected chi connectivity index (χ2v) is 8.60.